The topological polar surface area (TPSA) is 52.0 Å². The van der Waals surface area contributed by atoms with Gasteiger partial charge in [0.1, 0.15) is 5.76 Å². The summed E-state index contributed by atoms with van der Waals surface area (Å²) in [5.41, 5.74) is 10.6. The minimum atomic E-state index is 0.495. The van der Waals surface area contributed by atoms with E-state index in [0.29, 0.717) is 5.82 Å². The summed E-state index contributed by atoms with van der Waals surface area (Å²) in [5, 5.41) is 3.93. The Hall–Kier alpha value is -1.77. The van der Waals surface area contributed by atoms with Crippen molar-refractivity contribution in [2.45, 2.75) is 46.5 Å². The zero-order valence-corrected chi connectivity index (χ0v) is 12.0. The van der Waals surface area contributed by atoms with E-state index in [4.69, 9.17) is 10.3 Å². The molecular weight excluding hydrogens is 236 g/mol. The van der Waals surface area contributed by atoms with Crippen LogP contribution in [0.1, 0.15) is 43.1 Å². The fraction of sp³-hybridized carbons (Fsp3) is 0.438. The second kappa shape index (κ2) is 5.91. The van der Waals surface area contributed by atoms with E-state index in [1.807, 2.05) is 0 Å². The molecular formula is C16H22N2O. The maximum Gasteiger partial charge on any atom is 0.175 e. The first-order valence-corrected chi connectivity index (χ1v) is 6.95. The second-order valence-electron chi connectivity index (χ2n) is 5.12. The predicted octanol–water partition coefficient (Wildman–Crippen LogP) is 4.27. The van der Waals surface area contributed by atoms with Gasteiger partial charge in [0.25, 0.3) is 0 Å². The minimum absolute atomic E-state index is 0.495. The number of nitrogens with zero attached hydrogens (tertiary/aromatic N) is 1. The van der Waals surface area contributed by atoms with E-state index >= 15 is 0 Å². The van der Waals surface area contributed by atoms with Crippen LogP contribution >= 0.6 is 0 Å². The highest BCUT2D eigenvalue weighted by atomic mass is 16.5. The minimum Gasteiger partial charge on any atom is -0.380 e. The number of aryl methyl sites for hydroxylation is 3. The molecule has 0 aliphatic heterocycles. The van der Waals surface area contributed by atoms with Gasteiger partial charge in [-0.05, 0) is 37.0 Å². The molecule has 0 aliphatic carbocycles. The van der Waals surface area contributed by atoms with Crippen molar-refractivity contribution in [3.63, 3.8) is 0 Å². The van der Waals surface area contributed by atoms with Gasteiger partial charge >= 0.3 is 0 Å². The van der Waals surface area contributed by atoms with Gasteiger partial charge in [0.05, 0.1) is 5.56 Å². The van der Waals surface area contributed by atoms with Crippen molar-refractivity contribution in [1.29, 1.82) is 0 Å². The van der Waals surface area contributed by atoms with Crippen molar-refractivity contribution in [1.82, 2.24) is 5.16 Å². The van der Waals surface area contributed by atoms with Gasteiger partial charge in [-0.25, -0.2) is 0 Å². The number of benzene rings is 1. The molecule has 0 spiro atoms. The van der Waals surface area contributed by atoms with Crippen LogP contribution in [0.25, 0.3) is 11.1 Å². The zero-order valence-electron chi connectivity index (χ0n) is 12.0. The molecule has 0 atom stereocenters. The molecule has 2 aromatic rings. The van der Waals surface area contributed by atoms with E-state index in [9.17, 15) is 0 Å². The van der Waals surface area contributed by atoms with Crippen molar-refractivity contribution in [2.24, 2.45) is 0 Å². The normalized spacial score (nSPS) is 10.9. The molecule has 0 radical (unpaired) electrons. The molecule has 0 saturated heterocycles. The lowest BCUT2D eigenvalue weighted by Gasteiger charge is -2.06. The molecule has 0 saturated carbocycles. The molecule has 3 nitrogen and oxygen atoms in total. The van der Waals surface area contributed by atoms with E-state index in [1.165, 1.54) is 24.0 Å². The van der Waals surface area contributed by atoms with Crippen LogP contribution in [0.5, 0.6) is 0 Å². The standard InChI is InChI=1S/C16H22N2O/c1-4-5-6-7-14-15(16(17)18-19-14)13-9-8-11(2)12(3)10-13/h8-10H,4-7H2,1-3H3,(H2,17,18). The van der Waals surface area contributed by atoms with Crippen molar-refractivity contribution in [3.8, 4) is 11.1 Å². The summed E-state index contributed by atoms with van der Waals surface area (Å²) < 4.78 is 5.39. The maximum absolute atomic E-state index is 5.96. The van der Waals surface area contributed by atoms with Gasteiger partial charge in [-0.2, -0.15) is 0 Å². The summed E-state index contributed by atoms with van der Waals surface area (Å²) in [7, 11) is 0. The van der Waals surface area contributed by atoms with Crippen LogP contribution in [0.15, 0.2) is 22.7 Å². The summed E-state index contributed by atoms with van der Waals surface area (Å²) in [6, 6.07) is 6.36. The SMILES string of the molecule is CCCCCc1onc(N)c1-c1ccc(C)c(C)c1. The van der Waals surface area contributed by atoms with Crippen molar-refractivity contribution < 1.29 is 4.52 Å². The van der Waals surface area contributed by atoms with E-state index in [1.54, 1.807) is 0 Å². The predicted molar refractivity (Wildman–Crippen MR) is 79.1 cm³/mol. The lowest BCUT2D eigenvalue weighted by atomic mass is 9.99. The third-order valence-electron chi connectivity index (χ3n) is 3.59. The molecule has 2 N–H and O–H groups in total. The first-order chi connectivity index (χ1) is 9.13. The largest absolute Gasteiger partial charge is 0.380 e. The Morgan fingerprint density at radius 3 is 2.63 bits per heavy atom. The maximum atomic E-state index is 5.96. The third kappa shape index (κ3) is 2.98. The molecule has 1 heterocycles. The molecule has 0 fully saturated rings. The van der Waals surface area contributed by atoms with Crippen LogP contribution < -0.4 is 5.73 Å². The molecule has 0 aliphatic rings. The van der Waals surface area contributed by atoms with E-state index in [-0.39, 0.29) is 0 Å². The molecule has 0 amide bonds. The fourth-order valence-electron chi connectivity index (χ4n) is 2.25. The lowest BCUT2D eigenvalue weighted by Crippen LogP contribution is -1.92. The van der Waals surface area contributed by atoms with Crippen LogP contribution in [0.2, 0.25) is 0 Å². The van der Waals surface area contributed by atoms with E-state index in [2.05, 4.69) is 44.1 Å². The number of aromatic nitrogens is 1. The molecule has 2 rings (SSSR count). The Bertz CT molecular complexity index is 558. The Morgan fingerprint density at radius 2 is 1.95 bits per heavy atom. The number of rotatable bonds is 5. The Balaban J connectivity index is 2.32. The number of anilines is 1. The summed E-state index contributed by atoms with van der Waals surface area (Å²) >= 11 is 0. The van der Waals surface area contributed by atoms with Crippen molar-refractivity contribution in [2.75, 3.05) is 5.73 Å². The Labute approximate surface area is 114 Å². The quantitative estimate of drug-likeness (QED) is 0.815. The summed E-state index contributed by atoms with van der Waals surface area (Å²) in [5.74, 6) is 1.41. The van der Waals surface area contributed by atoms with E-state index in [0.717, 1.165) is 29.7 Å². The molecule has 102 valence electrons. The van der Waals surface area contributed by atoms with Crippen LogP contribution in [-0.4, -0.2) is 5.16 Å². The summed E-state index contributed by atoms with van der Waals surface area (Å²) in [6.45, 7) is 6.41. The van der Waals surface area contributed by atoms with Gasteiger partial charge in [-0.1, -0.05) is 43.1 Å². The van der Waals surface area contributed by atoms with Crippen molar-refractivity contribution in [3.05, 3.63) is 35.1 Å². The number of nitrogens with two attached hydrogens (primary N) is 1. The van der Waals surface area contributed by atoms with Crippen LogP contribution in [0, 0.1) is 13.8 Å². The first-order valence-electron chi connectivity index (χ1n) is 6.95. The second-order valence-corrected chi connectivity index (χ2v) is 5.12. The van der Waals surface area contributed by atoms with Gasteiger partial charge < -0.3 is 10.3 Å². The lowest BCUT2D eigenvalue weighted by molar-refractivity contribution is 0.382. The molecule has 1 aromatic heterocycles. The van der Waals surface area contributed by atoms with Crippen LogP contribution in [0.4, 0.5) is 5.82 Å². The van der Waals surface area contributed by atoms with Crippen LogP contribution in [-0.2, 0) is 6.42 Å². The Morgan fingerprint density at radius 1 is 1.16 bits per heavy atom. The van der Waals surface area contributed by atoms with E-state index < -0.39 is 0 Å². The average molecular weight is 258 g/mol. The highest BCUT2D eigenvalue weighted by molar-refractivity contribution is 5.76. The van der Waals surface area contributed by atoms with Gasteiger partial charge in [0.2, 0.25) is 0 Å². The van der Waals surface area contributed by atoms with Gasteiger partial charge in [0.15, 0.2) is 5.82 Å². The molecule has 0 bridgehead atoms. The smallest absolute Gasteiger partial charge is 0.175 e. The van der Waals surface area contributed by atoms with Crippen LogP contribution in [0.3, 0.4) is 0 Å². The first kappa shape index (κ1) is 13.7. The number of nitrogen functional groups attached to an aromatic ring is 1. The van der Waals surface area contributed by atoms with Gasteiger partial charge in [-0.3, -0.25) is 0 Å². The van der Waals surface area contributed by atoms with Gasteiger partial charge in [-0.15, -0.1) is 0 Å². The number of hydrogen-bond acceptors (Lipinski definition) is 3. The average Bonchev–Trinajstić information content (AvgIpc) is 2.75. The molecule has 0 unspecified atom stereocenters. The number of unbranched alkanes of at least 4 members (excludes halogenated alkanes) is 2. The molecule has 3 heteroatoms. The summed E-state index contributed by atoms with van der Waals surface area (Å²) in [4.78, 5) is 0. The van der Waals surface area contributed by atoms with Gasteiger partial charge in [0, 0.05) is 6.42 Å². The Kier molecular flexibility index (Phi) is 4.25. The third-order valence-corrected chi connectivity index (χ3v) is 3.59. The number of hydrogen-bond donors (Lipinski definition) is 1. The molecule has 19 heavy (non-hydrogen) atoms. The highest BCUT2D eigenvalue weighted by Gasteiger charge is 2.15. The fourth-order valence-corrected chi connectivity index (χ4v) is 2.25. The monoisotopic (exact) mass is 258 g/mol. The summed E-state index contributed by atoms with van der Waals surface area (Å²) in [6.07, 6.45) is 4.42. The molecule has 1 aromatic carbocycles. The highest BCUT2D eigenvalue weighted by Crippen LogP contribution is 2.31. The zero-order chi connectivity index (χ0) is 13.8. The van der Waals surface area contributed by atoms with Crippen molar-refractivity contribution >= 4 is 5.82 Å².